The van der Waals surface area contributed by atoms with E-state index in [9.17, 15) is 4.79 Å². The molecule has 2 aromatic rings. The van der Waals surface area contributed by atoms with Crippen LogP contribution in [0.3, 0.4) is 0 Å². The van der Waals surface area contributed by atoms with Crippen molar-refractivity contribution >= 4 is 5.97 Å². The number of carbonyl (C=O) groups is 1. The molecule has 1 N–H and O–H groups in total. The molecule has 5 nitrogen and oxygen atoms in total. The number of furan rings is 1. The van der Waals surface area contributed by atoms with Gasteiger partial charge in [-0.15, -0.1) is 0 Å². The summed E-state index contributed by atoms with van der Waals surface area (Å²) in [6, 6.07) is 4.88. The van der Waals surface area contributed by atoms with Crippen molar-refractivity contribution in [1.82, 2.24) is 9.78 Å². The van der Waals surface area contributed by atoms with E-state index in [0.29, 0.717) is 5.76 Å². The van der Waals surface area contributed by atoms with Gasteiger partial charge < -0.3 is 9.52 Å². The van der Waals surface area contributed by atoms with E-state index >= 15 is 0 Å². The molecule has 0 aliphatic rings. The molecule has 1 unspecified atom stereocenters. The molecule has 5 heteroatoms. The van der Waals surface area contributed by atoms with Crippen molar-refractivity contribution in [2.45, 2.75) is 19.9 Å². The van der Waals surface area contributed by atoms with Crippen LogP contribution in [-0.4, -0.2) is 20.9 Å². The van der Waals surface area contributed by atoms with Gasteiger partial charge in [-0.05, 0) is 32.0 Å². The highest BCUT2D eigenvalue weighted by atomic mass is 16.4. The molecule has 0 spiro atoms. The predicted octanol–water partition coefficient (Wildman–Crippen LogP) is 2.09. The molecule has 0 fully saturated rings. The fourth-order valence-electron chi connectivity index (χ4n) is 1.47. The molecule has 0 aliphatic carbocycles. The van der Waals surface area contributed by atoms with E-state index in [1.807, 2.05) is 26.1 Å². The lowest BCUT2D eigenvalue weighted by Crippen LogP contribution is -2.06. The van der Waals surface area contributed by atoms with Gasteiger partial charge in [0, 0.05) is 6.20 Å². The van der Waals surface area contributed by atoms with Crippen molar-refractivity contribution in [3.63, 3.8) is 0 Å². The Kier molecular flexibility index (Phi) is 2.52. The van der Waals surface area contributed by atoms with Crippen LogP contribution in [-0.2, 0) is 0 Å². The van der Waals surface area contributed by atoms with Crippen LogP contribution in [0.25, 0.3) is 0 Å². The van der Waals surface area contributed by atoms with Crippen LogP contribution in [0.15, 0.2) is 28.8 Å². The third kappa shape index (κ3) is 1.84. The predicted molar refractivity (Wildman–Crippen MR) is 56.4 cm³/mol. The Morgan fingerprint density at radius 1 is 1.50 bits per heavy atom. The number of carboxylic acid groups (broad SMARTS) is 1. The molecule has 0 saturated heterocycles. The fourth-order valence-corrected chi connectivity index (χ4v) is 1.47. The van der Waals surface area contributed by atoms with Crippen LogP contribution in [0, 0.1) is 6.92 Å². The van der Waals surface area contributed by atoms with Crippen LogP contribution in [0.5, 0.6) is 0 Å². The molecule has 0 aromatic carbocycles. The summed E-state index contributed by atoms with van der Waals surface area (Å²) in [5.74, 6) is -0.527. The van der Waals surface area contributed by atoms with Gasteiger partial charge in [0.15, 0.2) is 0 Å². The molecule has 2 rings (SSSR count). The van der Waals surface area contributed by atoms with Gasteiger partial charge in [-0.25, -0.2) is 4.79 Å². The second kappa shape index (κ2) is 3.84. The summed E-state index contributed by atoms with van der Waals surface area (Å²) in [5, 5.41) is 13.0. The first-order chi connectivity index (χ1) is 7.58. The van der Waals surface area contributed by atoms with Crippen molar-refractivity contribution in [1.29, 1.82) is 0 Å². The second-order valence-corrected chi connectivity index (χ2v) is 3.62. The highest BCUT2D eigenvalue weighted by Crippen LogP contribution is 2.19. The highest BCUT2D eigenvalue weighted by Gasteiger charge is 2.15. The number of hydrogen-bond donors (Lipinski definition) is 1. The Balaban J connectivity index is 2.26. The average Bonchev–Trinajstić information content (AvgIpc) is 2.84. The molecule has 1 atom stereocenters. The quantitative estimate of drug-likeness (QED) is 0.859. The summed E-state index contributed by atoms with van der Waals surface area (Å²) in [6.07, 6.45) is 1.84. The van der Waals surface area contributed by atoms with Crippen molar-refractivity contribution in [3.05, 3.63) is 41.6 Å². The first kappa shape index (κ1) is 10.5. The molecule has 2 aromatic heterocycles. The second-order valence-electron chi connectivity index (χ2n) is 3.62. The largest absolute Gasteiger partial charge is 0.475 e. The number of rotatable bonds is 3. The third-order valence-electron chi connectivity index (χ3n) is 2.39. The SMILES string of the molecule is Cc1ccn(C(C)c2ccc(C(=O)O)o2)n1. The summed E-state index contributed by atoms with van der Waals surface area (Å²) in [5.41, 5.74) is 0.914. The molecule has 0 radical (unpaired) electrons. The Labute approximate surface area is 92.3 Å². The van der Waals surface area contributed by atoms with Gasteiger partial charge in [0.2, 0.25) is 5.76 Å². The third-order valence-corrected chi connectivity index (χ3v) is 2.39. The van der Waals surface area contributed by atoms with Crippen LogP contribution in [0.4, 0.5) is 0 Å². The Bertz CT molecular complexity index is 513. The van der Waals surface area contributed by atoms with E-state index in [0.717, 1.165) is 5.69 Å². The van der Waals surface area contributed by atoms with Crippen molar-refractivity contribution < 1.29 is 14.3 Å². The van der Waals surface area contributed by atoms with Gasteiger partial charge in [0.05, 0.1) is 5.69 Å². The smallest absolute Gasteiger partial charge is 0.371 e. The van der Waals surface area contributed by atoms with Gasteiger partial charge in [-0.1, -0.05) is 0 Å². The molecule has 2 heterocycles. The van der Waals surface area contributed by atoms with E-state index in [1.54, 1.807) is 10.7 Å². The average molecular weight is 220 g/mol. The van der Waals surface area contributed by atoms with E-state index < -0.39 is 5.97 Å². The molecular weight excluding hydrogens is 208 g/mol. The lowest BCUT2D eigenvalue weighted by Gasteiger charge is -2.08. The standard InChI is InChI=1S/C11H12N2O3/c1-7-5-6-13(12-7)8(2)9-3-4-10(16-9)11(14)15/h3-6,8H,1-2H3,(H,14,15). The highest BCUT2D eigenvalue weighted by molar-refractivity contribution is 5.84. The summed E-state index contributed by atoms with van der Waals surface area (Å²) >= 11 is 0. The van der Waals surface area contributed by atoms with E-state index in [-0.39, 0.29) is 11.8 Å². The molecule has 0 saturated carbocycles. The van der Waals surface area contributed by atoms with Crippen molar-refractivity contribution in [2.75, 3.05) is 0 Å². The monoisotopic (exact) mass is 220 g/mol. The van der Waals surface area contributed by atoms with Gasteiger partial charge in [-0.2, -0.15) is 5.10 Å². The summed E-state index contributed by atoms with van der Waals surface area (Å²) in [4.78, 5) is 10.7. The van der Waals surface area contributed by atoms with Crippen LogP contribution >= 0.6 is 0 Å². The van der Waals surface area contributed by atoms with E-state index in [2.05, 4.69) is 5.10 Å². The summed E-state index contributed by atoms with van der Waals surface area (Å²) in [7, 11) is 0. The zero-order valence-electron chi connectivity index (χ0n) is 9.04. The van der Waals surface area contributed by atoms with Gasteiger partial charge in [-0.3, -0.25) is 4.68 Å². The number of aromatic nitrogens is 2. The Hall–Kier alpha value is -2.04. The molecular formula is C11H12N2O3. The van der Waals surface area contributed by atoms with Gasteiger partial charge >= 0.3 is 5.97 Å². The van der Waals surface area contributed by atoms with E-state index in [4.69, 9.17) is 9.52 Å². The molecule has 84 valence electrons. The van der Waals surface area contributed by atoms with Crippen molar-refractivity contribution in [3.8, 4) is 0 Å². The van der Waals surface area contributed by atoms with E-state index in [1.165, 1.54) is 6.07 Å². The number of aryl methyl sites for hydroxylation is 1. The minimum absolute atomic E-state index is 0.0503. The summed E-state index contributed by atoms with van der Waals surface area (Å²) < 4.78 is 6.95. The number of hydrogen-bond acceptors (Lipinski definition) is 3. The minimum Gasteiger partial charge on any atom is -0.475 e. The zero-order chi connectivity index (χ0) is 11.7. The maximum Gasteiger partial charge on any atom is 0.371 e. The molecule has 0 amide bonds. The first-order valence-corrected chi connectivity index (χ1v) is 4.92. The molecule has 0 aliphatic heterocycles. The number of aromatic carboxylic acids is 1. The minimum atomic E-state index is -1.06. The first-order valence-electron chi connectivity index (χ1n) is 4.92. The number of nitrogens with zero attached hydrogens (tertiary/aromatic N) is 2. The lowest BCUT2D eigenvalue weighted by atomic mass is 10.2. The fraction of sp³-hybridized carbons (Fsp3) is 0.273. The Morgan fingerprint density at radius 2 is 2.25 bits per heavy atom. The van der Waals surface area contributed by atoms with Gasteiger partial charge in [0.1, 0.15) is 11.8 Å². The normalized spacial score (nSPS) is 12.6. The summed E-state index contributed by atoms with van der Waals surface area (Å²) in [6.45, 7) is 3.80. The lowest BCUT2D eigenvalue weighted by molar-refractivity contribution is 0.0659. The Morgan fingerprint density at radius 3 is 2.75 bits per heavy atom. The van der Waals surface area contributed by atoms with Gasteiger partial charge in [0.25, 0.3) is 0 Å². The zero-order valence-corrected chi connectivity index (χ0v) is 9.04. The maximum atomic E-state index is 10.7. The maximum absolute atomic E-state index is 10.7. The molecule has 16 heavy (non-hydrogen) atoms. The van der Waals surface area contributed by atoms with Crippen LogP contribution < -0.4 is 0 Å². The number of carboxylic acids is 1. The van der Waals surface area contributed by atoms with Crippen LogP contribution in [0.2, 0.25) is 0 Å². The topological polar surface area (TPSA) is 68.3 Å². The van der Waals surface area contributed by atoms with Crippen molar-refractivity contribution in [2.24, 2.45) is 0 Å². The molecule has 0 bridgehead atoms. The van der Waals surface area contributed by atoms with Crippen LogP contribution in [0.1, 0.15) is 35.0 Å².